The van der Waals surface area contributed by atoms with E-state index in [2.05, 4.69) is 5.32 Å². The lowest BCUT2D eigenvalue weighted by Gasteiger charge is -2.22. The SMILES string of the molecule is C[C@@H](NCc1cc([N+](=O)[O-])cc2c1OCOC2)c1ccc(Cl)c(Cl)c1. The first-order valence-corrected chi connectivity index (χ1v) is 8.40. The van der Waals surface area contributed by atoms with E-state index in [1.807, 2.05) is 13.0 Å². The van der Waals surface area contributed by atoms with E-state index in [1.54, 1.807) is 12.1 Å². The predicted octanol–water partition coefficient (Wildman–Crippen LogP) is 4.62. The molecule has 8 heteroatoms. The van der Waals surface area contributed by atoms with Gasteiger partial charge in [-0.1, -0.05) is 29.3 Å². The van der Waals surface area contributed by atoms with E-state index in [9.17, 15) is 10.1 Å². The summed E-state index contributed by atoms with van der Waals surface area (Å²) < 4.78 is 10.8. The van der Waals surface area contributed by atoms with Crippen LogP contribution in [0.2, 0.25) is 10.0 Å². The normalized spacial score (nSPS) is 14.5. The number of fused-ring (bicyclic) bond motifs is 1. The molecule has 0 aromatic heterocycles. The lowest BCUT2D eigenvalue weighted by atomic mass is 10.1. The summed E-state index contributed by atoms with van der Waals surface area (Å²) in [6.07, 6.45) is 0. The Morgan fingerprint density at radius 1 is 1.28 bits per heavy atom. The Morgan fingerprint density at radius 2 is 2.08 bits per heavy atom. The molecule has 0 spiro atoms. The molecular weight excluding hydrogens is 367 g/mol. The van der Waals surface area contributed by atoms with Crippen LogP contribution in [0.4, 0.5) is 5.69 Å². The number of nitrogens with one attached hydrogen (secondary N) is 1. The molecular formula is C17H16Cl2N2O4. The summed E-state index contributed by atoms with van der Waals surface area (Å²) in [6.45, 7) is 2.82. The topological polar surface area (TPSA) is 73.6 Å². The zero-order chi connectivity index (χ0) is 18.0. The van der Waals surface area contributed by atoms with Crippen molar-refractivity contribution in [1.82, 2.24) is 5.32 Å². The van der Waals surface area contributed by atoms with E-state index in [1.165, 1.54) is 12.1 Å². The monoisotopic (exact) mass is 382 g/mol. The van der Waals surface area contributed by atoms with Crippen molar-refractivity contribution >= 4 is 28.9 Å². The number of benzene rings is 2. The van der Waals surface area contributed by atoms with Gasteiger partial charge in [0, 0.05) is 35.8 Å². The summed E-state index contributed by atoms with van der Waals surface area (Å²) in [7, 11) is 0. The number of hydrogen-bond acceptors (Lipinski definition) is 5. The van der Waals surface area contributed by atoms with Gasteiger partial charge >= 0.3 is 0 Å². The number of nitrogens with zero attached hydrogens (tertiary/aromatic N) is 1. The fraction of sp³-hybridized carbons (Fsp3) is 0.294. The highest BCUT2D eigenvalue weighted by Gasteiger charge is 2.21. The molecule has 0 saturated carbocycles. The molecule has 0 fully saturated rings. The average molecular weight is 383 g/mol. The highest BCUT2D eigenvalue weighted by molar-refractivity contribution is 6.42. The highest BCUT2D eigenvalue weighted by Crippen LogP contribution is 2.33. The van der Waals surface area contributed by atoms with Crippen LogP contribution in [0.25, 0.3) is 0 Å². The van der Waals surface area contributed by atoms with Gasteiger partial charge in [0.15, 0.2) is 6.79 Å². The van der Waals surface area contributed by atoms with Gasteiger partial charge in [-0.2, -0.15) is 0 Å². The minimum absolute atomic E-state index is 0.0202. The van der Waals surface area contributed by atoms with Crippen molar-refractivity contribution in [2.24, 2.45) is 0 Å². The van der Waals surface area contributed by atoms with E-state index in [0.29, 0.717) is 34.5 Å². The smallest absolute Gasteiger partial charge is 0.270 e. The second-order valence-electron chi connectivity index (χ2n) is 5.74. The number of halogens is 2. The first kappa shape index (κ1) is 17.9. The molecule has 0 amide bonds. The lowest BCUT2D eigenvalue weighted by molar-refractivity contribution is -0.385. The van der Waals surface area contributed by atoms with Crippen molar-refractivity contribution in [3.63, 3.8) is 0 Å². The summed E-state index contributed by atoms with van der Waals surface area (Å²) in [5.41, 5.74) is 2.39. The van der Waals surface area contributed by atoms with Crippen molar-refractivity contribution in [2.75, 3.05) is 6.79 Å². The summed E-state index contributed by atoms with van der Waals surface area (Å²) in [6, 6.07) is 8.42. The molecule has 1 atom stereocenters. The summed E-state index contributed by atoms with van der Waals surface area (Å²) in [4.78, 5) is 10.7. The zero-order valence-electron chi connectivity index (χ0n) is 13.4. The van der Waals surface area contributed by atoms with Crippen LogP contribution in [0.1, 0.15) is 29.7 Å². The van der Waals surface area contributed by atoms with Crippen LogP contribution in [-0.4, -0.2) is 11.7 Å². The molecule has 132 valence electrons. The highest BCUT2D eigenvalue weighted by atomic mass is 35.5. The molecule has 0 aliphatic carbocycles. The van der Waals surface area contributed by atoms with Crippen LogP contribution in [-0.2, 0) is 17.9 Å². The van der Waals surface area contributed by atoms with Crippen LogP contribution in [0, 0.1) is 10.1 Å². The number of rotatable bonds is 5. The molecule has 2 aromatic carbocycles. The zero-order valence-corrected chi connectivity index (χ0v) is 14.9. The molecule has 0 saturated heterocycles. The number of hydrogen-bond donors (Lipinski definition) is 1. The first-order valence-electron chi connectivity index (χ1n) is 7.64. The molecule has 1 N–H and O–H groups in total. The molecule has 2 aromatic rings. The Hall–Kier alpha value is -1.86. The van der Waals surface area contributed by atoms with Crippen molar-refractivity contribution < 1.29 is 14.4 Å². The van der Waals surface area contributed by atoms with E-state index in [-0.39, 0.29) is 18.5 Å². The standard InChI is InChI=1S/C17H16Cl2N2O4/c1-10(11-2-3-15(18)16(19)6-11)20-7-12-4-14(21(22)23)5-13-8-24-9-25-17(12)13/h2-6,10,20H,7-9H2,1H3/t10-/m1/s1. The van der Waals surface area contributed by atoms with Gasteiger partial charge in [0.1, 0.15) is 5.75 Å². The first-order chi connectivity index (χ1) is 12.0. The summed E-state index contributed by atoms with van der Waals surface area (Å²) in [5.74, 6) is 0.644. The van der Waals surface area contributed by atoms with E-state index < -0.39 is 4.92 Å². The van der Waals surface area contributed by atoms with Gasteiger partial charge in [0.05, 0.1) is 21.6 Å². The molecule has 25 heavy (non-hydrogen) atoms. The number of non-ortho nitro benzene ring substituents is 1. The average Bonchev–Trinajstić information content (AvgIpc) is 2.61. The molecule has 1 aliphatic heterocycles. The molecule has 0 radical (unpaired) electrons. The third-order valence-electron chi connectivity index (χ3n) is 4.02. The number of nitro groups is 1. The van der Waals surface area contributed by atoms with Gasteiger partial charge < -0.3 is 14.8 Å². The Labute approximate surface area is 154 Å². The van der Waals surface area contributed by atoms with E-state index >= 15 is 0 Å². The molecule has 6 nitrogen and oxygen atoms in total. The minimum atomic E-state index is -0.416. The van der Waals surface area contributed by atoms with Gasteiger partial charge in [-0.15, -0.1) is 0 Å². The Kier molecular flexibility index (Phi) is 5.44. The van der Waals surface area contributed by atoms with E-state index in [4.69, 9.17) is 32.7 Å². The van der Waals surface area contributed by atoms with Crippen molar-refractivity contribution in [1.29, 1.82) is 0 Å². The van der Waals surface area contributed by atoms with Crippen molar-refractivity contribution in [3.05, 3.63) is 67.2 Å². The summed E-state index contributed by atoms with van der Waals surface area (Å²) in [5, 5.41) is 15.5. The molecule has 0 unspecified atom stereocenters. The molecule has 3 rings (SSSR count). The maximum atomic E-state index is 11.1. The van der Waals surface area contributed by atoms with Gasteiger partial charge in [-0.05, 0) is 24.6 Å². The second kappa shape index (κ2) is 7.58. The van der Waals surface area contributed by atoms with Crippen molar-refractivity contribution in [3.8, 4) is 5.75 Å². The maximum Gasteiger partial charge on any atom is 0.270 e. The summed E-state index contributed by atoms with van der Waals surface area (Å²) >= 11 is 12.0. The van der Waals surface area contributed by atoms with E-state index in [0.717, 1.165) is 11.1 Å². The maximum absolute atomic E-state index is 11.1. The van der Waals surface area contributed by atoms with Crippen molar-refractivity contribution in [2.45, 2.75) is 26.1 Å². The fourth-order valence-corrected chi connectivity index (χ4v) is 2.99. The largest absolute Gasteiger partial charge is 0.467 e. The Balaban J connectivity index is 1.81. The quantitative estimate of drug-likeness (QED) is 0.603. The van der Waals surface area contributed by atoms with Gasteiger partial charge in [0.2, 0.25) is 0 Å². The Morgan fingerprint density at radius 3 is 2.80 bits per heavy atom. The molecule has 1 heterocycles. The third-order valence-corrected chi connectivity index (χ3v) is 4.76. The van der Waals surface area contributed by atoms with Gasteiger partial charge in [-0.3, -0.25) is 10.1 Å². The minimum Gasteiger partial charge on any atom is -0.467 e. The van der Waals surface area contributed by atoms with Crippen LogP contribution in [0.3, 0.4) is 0 Å². The predicted molar refractivity (Wildman–Crippen MR) is 95.1 cm³/mol. The second-order valence-corrected chi connectivity index (χ2v) is 6.55. The Bertz CT molecular complexity index is 813. The molecule has 1 aliphatic rings. The number of nitro benzene ring substituents is 1. The fourth-order valence-electron chi connectivity index (χ4n) is 2.68. The van der Waals surface area contributed by atoms with Crippen LogP contribution >= 0.6 is 23.2 Å². The number of ether oxygens (including phenoxy) is 2. The van der Waals surface area contributed by atoms with Crippen LogP contribution < -0.4 is 10.1 Å². The third kappa shape index (κ3) is 4.04. The van der Waals surface area contributed by atoms with Crippen LogP contribution in [0.15, 0.2) is 30.3 Å². The molecule has 0 bridgehead atoms. The van der Waals surface area contributed by atoms with Gasteiger partial charge in [-0.25, -0.2) is 0 Å². The lowest BCUT2D eigenvalue weighted by Crippen LogP contribution is -2.21. The van der Waals surface area contributed by atoms with Gasteiger partial charge in [0.25, 0.3) is 5.69 Å². The van der Waals surface area contributed by atoms with Crippen LogP contribution in [0.5, 0.6) is 5.75 Å².